The van der Waals surface area contributed by atoms with Crippen molar-refractivity contribution in [3.63, 3.8) is 0 Å². The number of carbonyl (C=O) groups excluding carboxylic acids is 1. The molecule has 0 unspecified atom stereocenters. The van der Waals surface area contributed by atoms with E-state index < -0.39 is 11.5 Å². The second-order valence-electron chi connectivity index (χ2n) is 6.53. The lowest BCUT2D eigenvalue weighted by Gasteiger charge is -2.25. The van der Waals surface area contributed by atoms with Crippen molar-refractivity contribution >= 4 is 28.3 Å². The molecule has 1 amide bonds. The number of hydrogen-bond donors (Lipinski definition) is 1. The second kappa shape index (κ2) is 8.53. The molecule has 6 heteroatoms. The average molecular weight is 400 g/mol. The SMILES string of the molecule is CCOc1ccc2cc(C(=O)NN(c3ccccc3)c3ccccc3)c(=O)oc2c1. The van der Waals surface area contributed by atoms with Crippen molar-refractivity contribution in [2.45, 2.75) is 6.92 Å². The molecule has 4 rings (SSSR count). The number of carbonyl (C=O) groups is 1. The van der Waals surface area contributed by atoms with E-state index in [2.05, 4.69) is 5.43 Å². The molecule has 1 aromatic heterocycles. The van der Waals surface area contributed by atoms with Gasteiger partial charge >= 0.3 is 5.63 Å². The maximum atomic E-state index is 13.0. The first-order valence-electron chi connectivity index (χ1n) is 9.57. The van der Waals surface area contributed by atoms with Crippen molar-refractivity contribution in [2.24, 2.45) is 0 Å². The van der Waals surface area contributed by atoms with Crippen LogP contribution in [0.1, 0.15) is 17.3 Å². The summed E-state index contributed by atoms with van der Waals surface area (Å²) in [6.45, 7) is 2.38. The van der Waals surface area contributed by atoms with Crippen LogP contribution in [-0.2, 0) is 0 Å². The third kappa shape index (κ3) is 4.03. The first-order chi connectivity index (χ1) is 14.7. The van der Waals surface area contributed by atoms with Crippen LogP contribution in [0.4, 0.5) is 11.4 Å². The highest BCUT2D eigenvalue weighted by Gasteiger charge is 2.18. The van der Waals surface area contributed by atoms with Crippen molar-refractivity contribution in [1.29, 1.82) is 0 Å². The molecule has 1 N–H and O–H groups in total. The van der Waals surface area contributed by atoms with Crippen LogP contribution in [0.5, 0.6) is 5.75 Å². The van der Waals surface area contributed by atoms with E-state index >= 15 is 0 Å². The van der Waals surface area contributed by atoms with Gasteiger partial charge in [-0.3, -0.25) is 15.2 Å². The van der Waals surface area contributed by atoms with Gasteiger partial charge in [0.25, 0.3) is 5.91 Å². The minimum absolute atomic E-state index is 0.0801. The van der Waals surface area contributed by atoms with Crippen LogP contribution in [0.3, 0.4) is 0 Å². The maximum absolute atomic E-state index is 13.0. The van der Waals surface area contributed by atoms with Crippen LogP contribution >= 0.6 is 0 Å². The Balaban J connectivity index is 1.69. The second-order valence-corrected chi connectivity index (χ2v) is 6.53. The monoisotopic (exact) mass is 400 g/mol. The van der Waals surface area contributed by atoms with Gasteiger partial charge in [0.05, 0.1) is 18.0 Å². The van der Waals surface area contributed by atoms with Gasteiger partial charge in [0, 0.05) is 11.5 Å². The van der Waals surface area contributed by atoms with Crippen molar-refractivity contribution in [1.82, 2.24) is 5.43 Å². The molecule has 1 heterocycles. The summed E-state index contributed by atoms with van der Waals surface area (Å²) < 4.78 is 10.8. The Morgan fingerprint density at radius 2 is 1.57 bits per heavy atom. The third-order valence-electron chi connectivity index (χ3n) is 4.51. The first-order valence-corrected chi connectivity index (χ1v) is 9.57. The molecule has 6 nitrogen and oxygen atoms in total. The molecule has 0 atom stereocenters. The number of para-hydroxylation sites is 2. The Morgan fingerprint density at radius 1 is 0.933 bits per heavy atom. The van der Waals surface area contributed by atoms with E-state index in [4.69, 9.17) is 9.15 Å². The van der Waals surface area contributed by atoms with E-state index in [0.717, 1.165) is 11.4 Å². The van der Waals surface area contributed by atoms with Gasteiger partial charge in [0.15, 0.2) is 0 Å². The summed E-state index contributed by atoms with van der Waals surface area (Å²) in [5.41, 5.74) is 3.89. The number of rotatable bonds is 6. The zero-order valence-electron chi connectivity index (χ0n) is 16.4. The molecule has 30 heavy (non-hydrogen) atoms. The van der Waals surface area contributed by atoms with Gasteiger partial charge in [-0.05, 0) is 49.4 Å². The number of nitrogens with zero attached hydrogens (tertiary/aromatic N) is 1. The van der Waals surface area contributed by atoms with Gasteiger partial charge < -0.3 is 9.15 Å². The number of amides is 1. The van der Waals surface area contributed by atoms with Crippen LogP contribution in [0, 0.1) is 0 Å². The van der Waals surface area contributed by atoms with Crippen molar-refractivity contribution in [3.8, 4) is 5.75 Å². The van der Waals surface area contributed by atoms with E-state index in [-0.39, 0.29) is 5.56 Å². The summed E-state index contributed by atoms with van der Waals surface area (Å²) in [6, 6.07) is 25.4. The first kappa shape index (κ1) is 19.3. The molecule has 3 aromatic carbocycles. The molecule has 0 aliphatic rings. The summed E-state index contributed by atoms with van der Waals surface area (Å²) >= 11 is 0. The molecule has 0 fully saturated rings. The quantitative estimate of drug-likeness (QED) is 0.376. The fourth-order valence-corrected chi connectivity index (χ4v) is 3.10. The third-order valence-corrected chi connectivity index (χ3v) is 4.51. The number of benzene rings is 3. The fourth-order valence-electron chi connectivity index (χ4n) is 3.10. The topological polar surface area (TPSA) is 71.8 Å². The lowest BCUT2D eigenvalue weighted by molar-refractivity contribution is 0.0950. The number of fused-ring (bicyclic) bond motifs is 1. The van der Waals surface area contributed by atoms with Gasteiger partial charge in [0.1, 0.15) is 16.9 Å². The van der Waals surface area contributed by atoms with E-state index in [9.17, 15) is 9.59 Å². The molecular weight excluding hydrogens is 380 g/mol. The Kier molecular flexibility index (Phi) is 5.48. The molecule has 0 bridgehead atoms. The van der Waals surface area contributed by atoms with E-state index in [1.165, 1.54) is 6.07 Å². The normalized spacial score (nSPS) is 10.6. The lowest BCUT2D eigenvalue weighted by Crippen LogP contribution is -2.40. The summed E-state index contributed by atoms with van der Waals surface area (Å²) in [5, 5.41) is 2.26. The molecule has 0 aliphatic heterocycles. The molecule has 0 saturated carbocycles. The summed E-state index contributed by atoms with van der Waals surface area (Å²) in [7, 11) is 0. The Bertz CT molecular complexity index is 1180. The Labute approximate surface area is 173 Å². The Morgan fingerprint density at radius 3 is 2.17 bits per heavy atom. The van der Waals surface area contributed by atoms with Gasteiger partial charge in [-0.2, -0.15) is 0 Å². The van der Waals surface area contributed by atoms with Crippen molar-refractivity contribution in [2.75, 3.05) is 11.6 Å². The van der Waals surface area contributed by atoms with Crippen molar-refractivity contribution < 1.29 is 13.9 Å². The highest BCUT2D eigenvalue weighted by atomic mass is 16.5. The van der Waals surface area contributed by atoms with Gasteiger partial charge in [-0.25, -0.2) is 4.79 Å². The van der Waals surface area contributed by atoms with Crippen LogP contribution in [-0.4, -0.2) is 12.5 Å². The zero-order valence-corrected chi connectivity index (χ0v) is 16.4. The molecule has 0 saturated heterocycles. The van der Waals surface area contributed by atoms with Gasteiger partial charge in [0.2, 0.25) is 0 Å². The van der Waals surface area contributed by atoms with E-state index in [0.29, 0.717) is 23.3 Å². The minimum Gasteiger partial charge on any atom is -0.494 e. The number of ether oxygens (including phenoxy) is 1. The van der Waals surface area contributed by atoms with Gasteiger partial charge in [-0.1, -0.05) is 36.4 Å². The molecule has 0 aliphatic carbocycles. The predicted molar refractivity (Wildman–Crippen MR) is 116 cm³/mol. The standard InChI is InChI=1S/C24H20N2O4/c1-2-29-20-14-13-17-15-21(24(28)30-22(17)16-20)23(27)25-26(18-9-5-3-6-10-18)19-11-7-4-8-12-19/h3-16H,2H2,1H3,(H,25,27). The smallest absolute Gasteiger partial charge is 0.349 e. The highest BCUT2D eigenvalue weighted by molar-refractivity contribution is 5.98. The molecule has 150 valence electrons. The van der Waals surface area contributed by atoms with E-state index in [1.54, 1.807) is 23.2 Å². The molecular formula is C24H20N2O4. The van der Waals surface area contributed by atoms with Crippen LogP contribution < -0.4 is 20.8 Å². The van der Waals surface area contributed by atoms with Crippen LogP contribution in [0.15, 0.2) is 94.1 Å². The van der Waals surface area contributed by atoms with E-state index in [1.807, 2.05) is 67.6 Å². The number of anilines is 2. The summed E-state index contributed by atoms with van der Waals surface area (Å²) in [4.78, 5) is 25.5. The Hall–Kier alpha value is -4.06. The molecule has 0 spiro atoms. The summed E-state index contributed by atoms with van der Waals surface area (Å²) in [6.07, 6.45) is 0. The number of nitrogens with one attached hydrogen (secondary N) is 1. The number of hydrogen-bond acceptors (Lipinski definition) is 5. The van der Waals surface area contributed by atoms with Crippen LogP contribution in [0.2, 0.25) is 0 Å². The van der Waals surface area contributed by atoms with Crippen molar-refractivity contribution in [3.05, 3.63) is 101 Å². The predicted octanol–water partition coefficient (Wildman–Crippen LogP) is 4.67. The highest BCUT2D eigenvalue weighted by Crippen LogP contribution is 2.24. The maximum Gasteiger partial charge on any atom is 0.349 e. The number of hydrazine groups is 1. The molecule has 4 aromatic rings. The lowest BCUT2D eigenvalue weighted by atomic mass is 10.1. The summed E-state index contributed by atoms with van der Waals surface area (Å²) in [5.74, 6) is 0.0388. The largest absolute Gasteiger partial charge is 0.494 e. The average Bonchev–Trinajstić information content (AvgIpc) is 2.78. The fraction of sp³-hybridized carbons (Fsp3) is 0.0833. The van der Waals surface area contributed by atoms with Crippen LogP contribution in [0.25, 0.3) is 11.0 Å². The minimum atomic E-state index is -0.713. The van der Waals surface area contributed by atoms with Gasteiger partial charge in [-0.15, -0.1) is 0 Å². The zero-order chi connectivity index (χ0) is 20.9. The molecule has 0 radical (unpaired) electrons.